The van der Waals surface area contributed by atoms with Gasteiger partial charge in [0.1, 0.15) is 0 Å². The molecular weight excluding hydrogens is 362 g/mol. The van der Waals surface area contributed by atoms with Gasteiger partial charge >= 0.3 is 5.97 Å². The minimum atomic E-state index is -0.389. The second kappa shape index (κ2) is 9.50. The Morgan fingerprint density at radius 3 is 2.44 bits per heavy atom. The van der Waals surface area contributed by atoms with Gasteiger partial charge in [-0.1, -0.05) is 19.1 Å². The predicted molar refractivity (Wildman–Crippen MR) is 110 cm³/mol. The molecular formula is C20H27N3O3S. The van der Waals surface area contributed by atoms with Gasteiger partial charge in [-0.3, -0.25) is 4.79 Å². The molecule has 0 saturated carbocycles. The molecule has 6 nitrogen and oxygen atoms in total. The second-order valence-electron chi connectivity index (χ2n) is 6.27. The molecule has 2 N–H and O–H groups in total. The number of hydrogen-bond donors (Lipinski definition) is 2. The molecule has 0 spiro atoms. The molecule has 1 aliphatic heterocycles. The Hall–Kier alpha value is -2.41. The number of benzene rings is 1. The van der Waals surface area contributed by atoms with Crippen molar-refractivity contribution in [1.82, 2.24) is 10.2 Å². The molecule has 1 aliphatic rings. The first-order valence-electron chi connectivity index (χ1n) is 9.28. The third-order valence-corrected chi connectivity index (χ3v) is 4.75. The first-order valence-corrected chi connectivity index (χ1v) is 9.69. The van der Waals surface area contributed by atoms with Crippen molar-refractivity contribution in [2.45, 2.75) is 46.6 Å². The topological polar surface area (TPSA) is 70.7 Å². The van der Waals surface area contributed by atoms with Crippen LogP contribution in [0.2, 0.25) is 0 Å². The molecule has 1 aromatic carbocycles. The summed E-state index contributed by atoms with van der Waals surface area (Å²) in [5.74, 6) is -0.363. The van der Waals surface area contributed by atoms with E-state index in [9.17, 15) is 9.59 Å². The highest BCUT2D eigenvalue weighted by Gasteiger charge is 2.34. The lowest BCUT2D eigenvalue weighted by Gasteiger charge is -2.37. The highest BCUT2D eigenvalue weighted by atomic mass is 32.1. The number of rotatable bonds is 7. The van der Waals surface area contributed by atoms with Gasteiger partial charge in [0.25, 0.3) is 0 Å². The SMILES string of the molecule is CCCC(=O)Nc1ccc([C@@H]2NC(=S)N(CC)C(C)=C2C(=O)OCC)cc1. The molecule has 0 aromatic heterocycles. The Labute approximate surface area is 166 Å². The molecule has 7 heteroatoms. The fourth-order valence-corrected chi connectivity index (χ4v) is 3.48. The van der Waals surface area contributed by atoms with Crippen LogP contribution in [-0.4, -0.2) is 35.0 Å². The summed E-state index contributed by atoms with van der Waals surface area (Å²) < 4.78 is 5.27. The highest BCUT2D eigenvalue weighted by molar-refractivity contribution is 7.80. The van der Waals surface area contributed by atoms with E-state index >= 15 is 0 Å². The second-order valence-corrected chi connectivity index (χ2v) is 6.65. The number of ether oxygens (including phenoxy) is 1. The van der Waals surface area contributed by atoms with Crippen molar-refractivity contribution in [2.75, 3.05) is 18.5 Å². The summed E-state index contributed by atoms with van der Waals surface area (Å²) >= 11 is 5.47. The van der Waals surface area contributed by atoms with Crippen LogP contribution in [0.3, 0.4) is 0 Å². The fourth-order valence-electron chi connectivity index (χ4n) is 3.09. The van der Waals surface area contributed by atoms with Crippen LogP contribution in [-0.2, 0) is 14.3 Å². The predicted octanol–water partition coefficient (Wildman–Crippen LogP) is 3.51. The molecule has 1 heterocycles. The van der Waals surface area contributed by atoms with E-state index in [2.05, 4.69) is 10.6 Å². The zero-order valence-electron chi connectivity index (χ0n) is 16.3. The maximum atomic E-state index is 12.6. The van der Waals surface area contributed by atoms with E-state index in [4.69, 9.17) is 17.0 Å². The standard InChI is InChI=1S/C20H27N3O3S/c1-5-8-16(24)21-15-11-9-14(10-12-15)18-17(19(25)26-7-3)13(4)23(6-2)20(27)22-18/h9-12,18H,5-8H2,1-4H3,(H,21,24)(H,22,27)/t18-/m0/s1. The van der Waals surface area contributed by atoms with E-state index in [0.717, 1.165) is 23.4 Å². The van der Waals surface area contributed by atoms with Crippen molar-refractivity contribution in [1.29, 1.82) is 0 Å². The van der Waals surface area contributed by atoms with Crippen molar-refractivity contribution >= 4 is 34.9 Å². The first-order chi connectivity index (χ1) is 12.9. The summed E-state index contributed by atoms with van der Waals surface area (Å²) in [6.45, 7) is 8.58. The quantitative estimate of drug-likeness (QED) is 0.549. The van der Waals surface area contributed by atoms with Crippen molar-refractivity contribution in [3.05, 3.63) is 41.1 Å². The molecule has 1 aromatic rings. The van der Waals surface area contributed by atoms with Gasteiger partial charge in [-0.15, -0.1) is 0 Å². The summed E-state index contributed by atoms with van der Waals surface area (Å²) in [7, 11) is 0. The number of esters is 1. The molecule has 0 unspecified atom stereocenters. The number of thiocarbonyl (C=S) groups is 1. The zero-order valence-corrected chi connectivity index (χ0v) is 17.1. The fraction of sp³-hybridized carbons (Fsp3) is 0.450. The molecule has 1 amide bonds. The number of carbonyl (C=O) groups excluding carboxylic acids is 2. The molecule has 0 radical (unpaired) electrons. The van der Waals surface area contributed by atoms with Crippen LogP contribution in [0.4, 0.5) is 5.69 Å². The van der Waals surface area contributed by atoms with Crippen LogP contribution in [0, 0.1) is 0 Å². The monoisotopic (exact) mass is 389 g/mol. The lowest BCUT2D eigenvalue weighted by atomic mass is 9.95. The summed E-state index contributed by atoms with van der Waals surface area (Å²) in [6, 6.07) is 7.04. The average molecular weight is 390 g/mol. The minimum Gasteiger partial charge on any atom is -0.463 e. The number of carbonyl (C=O) groups is 2. The number of nitrogens with one attached hydrogen (secondary N) is 2. The Morgan fingerprint density at radius 1 is 1.22 bits per heavy atom. The summed E-state index contributed by atoms with van der Waals surface area (Å²) in [6.07, 6.45) is 1.29. The number of amides is 1. The van der Waals surface area contributed by atoms with Crippen LogP contribution in [0.1, 0.15) is 52.1 Å². The van der Waals surface area contributed by atoms with E-state index in [1.165, 1.54) is 0 Å². The lowest BCUT2D eigenvalue weighted by molar-refractivity contribution is -0.139. The molecule has 146 valence electrons. The molecule has 0 saturated heterocycles. The van der Waals surface area contributed by atoms with Gasteiger partial charge in [0, 0.05) is 24.4 Å². The van der Waals surface area contributed by atoms with E-state index in [-0.39, 0.29) is 17.9 Å². The number of hydrogen-bond acceptors (Lipinski definition) is 4. The van der Waals surface area contributed by atoms with Crippen LogP contribution in [0.25, 0.3) is 0 Å². The molecule has 0 fully saturated rings. The van der Waals surface area contributed by atoms with Gasteiger partial charge in [-0.2, -0.15) is 0 Å². The van der Waals surface area contributed by atoms with E-state index in [1.54, 1.807) is 6.92 Å². The maximum absolute atomic E-state index is 12.6. The Morgan fingerprint density at radius 2 is 1.89 bits per heavy atom. The van der Waals surface area contributed by atoms with Crippen LogP contribution < -0.4 is 10.6 Å². The van der Waals surface area contributed by atoms with Crippen LogP contribution >= 0.6 is 12.2 Å². The molecule has 0 bridgehead atoms. The zero-order chi connectivity index (χ0) is 20.0. The lowest BCUT2D eigenvalue weighted by Crippen LogP contribution is -2.47. The summed E-state index contributed by atoms with van der Waals surface area (Å²) in [5, 5.41) is 6.69. The first kappa shape index (κ1) is 20.9. The average Bonchev–Trinajstić information content (AvgIpc) is 2.62. The van der Waals surface area contributed by atoms with Gasteiger partial charge in [0.05, 0.1) is 18.2 Å². The largest absolute Gasteiger partial charge is 0.463 e. The molecule has 0 aliphatic carbocycles. The highest BCUT2D eigenvalue weighted by Crippen LogP contribution is 2.31. The van der Waals surface area contributed by atoms with Crippen molar-refractivity contribution in [3.63, 3.8) is 0 Å². The van der Waals surface area contributed by atoms with Gasteiger partial charge in [-0.05, 0) is 57.1 Å². The van der Waals surface area contributed by atoms with Crippen molar-refractivity contribution in [3.8, 4) is 0 Å². The van der Waals surface area contributed by atoms with Crippen LogP contribution in [0.15, 0.2) is 35.5 Å². The Kier molecular flexibility index (Phi) is 7.36. The van der Waals surface area contributed by atoms with Gasteiger partial charge in [0.15, 0.2) is 5.11 Å². The third kappa shape index (κ3) is 4.86. The third-order valence-electron chi connectivity index (χ3n) is 4.41. The van der Waals surface area contributed by atoms with Crippen molar-refractivity contribution in [2.24, 2.45) is 0 Å². The smallest absolute Gasteiger partial charge is 0.338 e. The van der Waals surface area contributed by atoms with Gasteiger partial charge in [0.2, 0.25) is 5.91 Å². The summed E-state index contributed by atoms with van der Waals surface area (Å²) in [5.41, 5.74) is 2.95. The normalized spacial score (nSPS) is 16.8. The maximum Gasteiger partial charge on any atom is 0.338 e. The Balaban J connectivity index is 2.33. The van der Waals surface area contributed by atoms with Gasteiger partial charge in [-0.25, -0.2) is 4.79 Å². The van der Waals surface area contributed by atoms with E-state index in [0.29, 0.717) is 30.3 Å². The number of nitrogens with zero attached hydrogens (tertiary/aromatic N) is 1. The van der Waals surface area contributed by atoms with Gasteiger partial charge < -0.3 is 20.3 Å². The molecule has 1 atom stereocenters. The molecule has 27 heavy (non-hydrogen) atoms. The minimum absolute atomic E-state index is 0.0104. The molecule has 2 rings (SSSR count). The van der Waals surface area contributed by atoms with Crippen molar-refractivity contribution < 1.29 is 14.3 Å². The summed E-state index contributed by atoms with van der Waals surface area (Å²) in [4.78, 5) is 26.2. The van der Waals surface area contributed by atoms with E-state index in [1.807, 2.05) is 49.9 Å². The van der Waals surface area contributed by atoms with Crippen LogP contribution in [0.5, 0.6) is 0 Å². The number of allylic oxidation sites excluding steroid dienone is 1. The van der Waals surface area contributed by atoms with E-state index < -0.39 is 0 Å². The number of anilines is 1. The Bertz CT molecular complexity index is 743.